The van der Waals surface area contributed by atoms with Crippen molar-refractivity contribution in [3.63, 3.8) is 0 Å². The van der Waals surface area contributed by atoms with Gasteiger partial charge in [0.25, 0.3) is 0 Å². The first-order valence-electron chi connectivity index (χ1n) is 7.96. The second kappa shape index (κ2) is 6.06. The van der Waals surface area contributed by atoms with Crippen LogP contribution < -0.4 is 4.90 Å². The largest absolute Gasteiger partial charge is 0.354 e. The Hall–Kier alpha value is -2.31. The average Bonchev–Trinajstić information content (AvgIpc) is 3.02. The number of likely N-dealkylation sites (N-methyl/N-ethyl adjacent to an activating group) is 1. The number of anilines is 1. The van der Waals surface area contributed by atoms with Gasteiger partial charge in [0.2, 0.25) is 0 Å². The normalized spacial score (nSPS) is 21.5. The van der Waals surface area contributed by atoms with E-state index in [-0.39, 0.29) is 12.1 Å². The molecule has 0 aliphatic carbocycles. The number of nitrogens with one attached hydrogen (secondary N) is 1. The van der Waals surface area contributed by atoms with Gasteiger partial charge in [-0.25, -0.2) is 14.8 Å². The lowest BCUT2D eigenvalue weighted by molar-refractivity contribution is 0.140. The molecular formula is C16H24N6O. The molecule has 0 saturated carbocycles. The summed E-state index contributed by atoms with van der Waals surface area (Å²) in [5.74, 6) is 1.41. The molecule has 0 radical (unpaired) electrons. The van der Waals surface area contributed by atoms with Crippen molar-refractivity contribution in [2.24, 2.45) is 5.92 Å². The van der Waals surface area contributed by atoms with Crippen molar-refractivity contribution in [2.75, 3.05) is 39.1 Å². The Balaban J connectivity index is 1.86. The van der Waals surface area contributed by atoms with E-state index in [0.29, 0.717) is 12.5 Å². The number of hydrogen-bond acceptors (Lipinski definition) is 4. The summed E-state index contributed by atoms with van der Waals surface area (Å²) in [6.07, 6.45) is 4.46. The number of urea groups is 1. The Labute approximate surface area is 136 Å². The van der Waals surface area contributed by atoms with Crippen molar-refractivity contribution in [2.45, 2.75) is 19.4 Å². The zero-order chi connectivity index (χ0) is 16.6. The second-order valence-corrected chi connectivity index (χ2v) is 6.50. The molecule has 1 aliphatic heterocycles. The van der Waals surface area contributed by atoms with Crippen LogP contribution in [0.15, 0.2) is 18.6 Å². The highest BCUT2D eigenvalue weighted by Gasteiger charge is 2.33. The van der Waals surface area contributed by atoms with Crippen molar-refractivity contribution >= 4 is 22.9 Å². The van der Waals surface area contributed by atoms with Gasteiger partial charge in [-0.1, -0.05) is 6.92 Å². The van der Waals surface area contributed by atoms with Crippen molar-refractivity contribution in [1.82, 2.24) is 24.8 Å². The molecular weight excluding hydrogens is 292 g/mol. The highest BCUT2D eigenvalue weighted by atomic mass is 16.2. The van der Waals surface area contributed by atoms with Gasteiger partial charge in [0, 0.05) is 40.4 Å². The number of carbonyl (C=O) groups excluding carboxylic acids is 1. The topological polar surface area (TPSA) is 68.4 Å². The highest BCUT2D eigenvalue weighted by Crippen LogP contribution is 2.28. The Morgan fingerprint density at radius 1 is 1.35 bits per heavy atom. The molecule has 3 rings (SSSR count). The molecule has 2 amide bonds. The van der Waals surface area contributed by atoms with Crippen molar-refractivity contribution < 1.29 is 4.79 Å². The van der Waals surface area contributed by atoms with Crippen LogP contribution in [0.25, 0.3) is 11.0 Å². The number of fused-ring (bicyclic) bond motifs is 1. The first-order valence-corrected chi connectivity index (χ1v) is 7.96. The summed E-state index contributed by atoms with van der Waals surface area (Å²) in [6.45, 7) is 3.77. The number of nitrogens with zero attached hydrogens (tertiary/aromatic N) is 5. The zero-order valence-electron chi connectivity index (χ0n) is 14.2. The van der Waals surface area contributed by atoms with Gasteiger partial charge in [-0.05, 0) is 18.4 Å². The number of hydrogen-bond donors (Lipinski definition) is 1. The van der Waals surface area contributed by atoms with Gasteiger partial charge in [-0.15, -0.1) is 0 Å². The summed E-state index contributed by atoms with van der Waals surface area (Å²) in [6, 6.07) is 2.31. The summed E-state index contributed by atoms with van der Waals surface area (Å²) in [4.78, 5) is 29.9. The first kappa shape index (κ1) is 15.6. The molecule has 0 spiro atoms. The zero-order valence-corrected chi connectivity index (χ0v) is 14.2. The molecule has 0 aromatic carbocycles. The Bertz CT molecular complexity index is 697. The van der Waals surface area contributed by atoms with E-state index in [1.165, 1.54) is 0 Å². The highest BCUT2D eigenvalue weighted by molar-refractivity contribution is 5.87. The molecule has 2 atom stereocenters. The van der Waals surface area contributed by atoms with E-state index in [9.17, 15) is 4.79 Å². The van der Waals surface area contributed by atoms with Gasteiger partial charge in [0.1, 0.15) is 17.8 Å². The third-order valence-electron chi connectivity index (χ3n) is 4.74. The fourth-order valence-corrected chi connectivity index (χ4v) is 3.31. The maximum atomic E-state index is 12.3. The Morgan fingerprint density at radius 3 is 2.87 bits per heavy atom. The summed E-state index contributed by atoms with van der Waals surface area (Å²) in [7, 11) is 5.65. The van der Waals surface area contributed by atoms with Crippen LogP contribution >= 0.6 is 0 Å². The molecule has 23 heavy (non-hydrogen) atoms. The number of likely N-dealkylation sites (tertiary alicyclic amines) is 1. The van der Waals surface area contributed by atoms with Gasteiger partial charge in [0.15, 0.2) is 0 Å². The molecule has 1 fully saturated rings. The molecule has 3 heterocycles. The molecule has 2 aromatic heterocycles. The standard InChI is InChI=1S/C16H24N6O/c1-11-6-8-22(16(23)20(2)3)9-13(11)21(4)15-12-5-7-17-14(12)18-10-19-15/h5,7,10-11,13H,6,8-9H2,1-4H3,(H,17,18,19)/t11-,13+/m1/s1. The Kier molecular flexibility index (Phi) is 4.11. The van der Waals surface area contributed by atoms with Crippen LogP contribution in [-0.4, -0.2) is 71.1 Å². The van der Waals surface area contributed by atoms with Gasteiger partial charge < -0.3 is 19.7 Å². The number of rotatable bonds is 2. The number of carbonyl (C=O) groups is 1. The average molecular weight is 316 g/mol. The molecule has 1 N–H and O–H groups in total. The SMILES string of the molecule is C[C@@H]1CCN(C(=O)N(C)C)C[C@@H]1N(C)c1ncnc2[nH]ccc12. The molecule has 0 unspecified atom stereocenters. The predicted octanol–water partition coefficient (Wildman–Crippen LogP) is 1.79. The first-order chi connectivity index (χ1) is 11.0. The minimum Gasteiger partial charge on any atom is -0.354 e. The van der Waals surface area contributed by atoms with E-state index in [0.717, 1.165) is 29.8 Å². The number of amides is 2. The van der Waals surface area contributed by atoms with Crippen molar-refractivity contribution in [1.29, 1.82) is 0 Å². The number of aromatic nitrogens is 3. The smallest absolute Gasteiger partial charge is 0.319 e. The van der Waals surface area contributed by atoms with Gasteiger partial charge in [-0.2, -0.15) is 0 Å². The lowest BCUT2D eigenvalue weighted by atomic mass is 9.92. The van der Waals surface area contributed by atoms with Crippen LogP contribution in [0.1, 0.15) is 13.3 Å². The third kappa shape index (κ3) is 2.83. The number of piperidine rings is 1. The molecule has 0 bridgehead atoms. The van der Waals surface area contributed by atoms with E-state index in [4.69, 9.17) is 0 Å². The van der Waals surface area contributed by atoms with Gasteiger partial charge >= 0.3 is 6.03 Å². The minimum atomic E-state index is 0.0739. The lowest BCUT2D eigenvalue weighted by Gasteiger charge is -2.42. The second-order valence-electron chi connectivity index (χ2n) is 6.50. The molecule has 124 valence electrons. The van der Waals surface area contributed by atoms with Gasteiger partial charge in [0.05, 0.1) is 11.4 Å². The summed E-state index contributed by atoms with van der Waals surface area (Å²) < 4.78 is 0. The lowest BCUT2D eigenvalue weighted by Crippen LogP contribution is -2.54. The van der Waals surface area contributed by atoms with E-state index < -0.39 is 0 Å². The number of aromatic amines is 1. The fraction of sp³-hybridized carbons (Fsp3) is 0.562. The van der Waals surface area contributed by atoms with Crippen LogP contribution in [0.3, 0.4) is 0 Å². The Morgan fingerprint density at radius 2 is 2.13 bits per heavy atom. The quantitative estimate of drug-likeness (QED) is 0.917. The maximum absolute atomic E-state index is 12.3. The van der Waals surface area contributed by atoms with E-state index in [1.54, 1.807) is 25.3 Å². The van der Waals surface area contributed by atoms with Crippen molar-refractivity contribution in [3.8, 4) is 0 Å². The third-order valence-corrected chi connectivity index (χ3v) is 4.74. The fourth-order valence-electron chi connectivity index (χ4n) is 3.31. The van der Waals surface area contributed by atoms with Crippen LogP contribution in [0, 0.1) is 5.92 Å². The number of H-pyrrole nitrogens is 1. The molecule has 1 aliphatic rings. The molecule has 7 nitrogen and oxygen atoms in total. The molecule has 2 aromatic rings. The molecule has 1 saturated heterocycles. The van der Waals surface area contributed by atoms with E-state index in [1.807, 2.05) is 17.2 Å². The predicted molar refractivity (Wildman–Crippen MR) is 90.5 cm³/mol. The summed E-state index contributed by atoms with van der Waals surface area (Å²) in [5, 5.41) is 1.01. The summed E-state index contributed by atoms with van der Waals surface area (Å²) >= 11 is 0. The monoisotopic (exact) mass is 316 g/mol. The van der Waals surface area contributed by atoms with Crippen LogP contribution in [0.5, 0.6) is 0 Å². The molecule has 7 heteroatoms. The van der Waals surface area contributed by atoms with Crippen LogP contribution in [0.2, 0.25) is 0 Å². The summed E-state index contributed by atoms with van der Waals surface area (Å²) in [5.41, 5.74) is 0.839. The minimum absolute atomic E-state index is 0.0739. The van der Waals surface area contributed by atoms with Gasteiger partial charge in [-0.3, -0.25) is 0 Å². The van der Waals surface area contributed by atoms with Crippen LogP contribution in [0.4, 0.5) is 10.6 Å². The maximum Gasteiger partial charge on any atom is 0.319 e. The van der Waals surface area contributed by atoms with Crippen LogP contribution in [-0.2, 0) is 0 Å². The van der Waals surface area contributed by atoms with Crippen molar-refractivity contribution in [3.05, 3.63) is 18.6 Å². The van der Waals surface area contributed by atoms with E-state index >= 15 is 0 Å². The van der Waals surface area contributed by atoms with E-state index in [2.05, 4.69) is 33.8 Å².